The summed E-state index contributed by atoms with van der Waals surface area (Å²) < 4.78 is 11.6. The maximum Gasteiger partial charge on any atom is 0.174 e. The molecule has 3 N–H and O–H groups in total. The number of hydrogen-bond donors (Lipinski definition) is 3. The number of carbonyl (C=O) groups is 1. The lowest BCUT2D eigenvalue weighted by molar-refractivity contribution is -0.185. The topological polar surface area (TPSA) is 99.5 Å². The van der Waals surface area contributed by atoms with E-state index in [1.165, 1.54) is 5.56 Å². The number of aliphatic hydroxyl groups is 3. The van der Waals surface area contributed by atoms with E-state index in [0.717, 1.165) is 24.9 Å². The van der Waals surface area contributed by atoms with Crippen LogP contribution in [0.2, 0.25) is 0 Å². The molecule has 2 aliphatic carbocycles. The largest absolute Gasteiger partial charge is 0.493 e. The normalized spacial score (nSPS) is 35.2. The monoisotopic (exact) mass is 405 g/mol. The standard InChI is InChI=1S/C18H21NO4.C4H10O2/c1-19-8-7-17-14-10-3-4-12(22-2)15(14)23-16(17)11(20)5-6-18(17,21)13(19)9-10;1-4(6)2-3-5/h3-4,13,16,21H,5-9H2,1-2H3;4-6H,2-3H2,1H3/t13-,16+,17+,18-;/m1./s1. The summed E-state index contributed by atoms with van der Waals surface area (Å²) in [4.78, 5) is 14.9. The molecule has 1 saturated carbocycles. The fraction of sp³-hybridized carbons (Fsp3) is 0.682. The molecule has 7 nitrogen and oxygen atoms in total. The second kappa shape index (κ2) is 7.23. The van der Waals surface area contributed by atoms with Crippen molar-refractivity contribution in [1.29, 1.82) is 0 Å². The fourth-order valence-electron chi connectivity index (χ4n) is 5.87. The molecule has 0 radical (unpaired) electrons. The summed E-state index contributed by atoms with van der Waals surface area (Å²) in [5.74, 6) is 1.47. The van der Waals surface area contributed by atoms with Crippen LogP contribution in [0.15, 0.2) is 12.1 Å². The number of piperidine rings is 1. The average Bonchev–Trinajstić information content (AvgIpc) is 3.04. The number of methoxy groups -OCH3 is 1. The van der Waals surface area contributed by atoms with E-state index in [-0.39, 0.29) is 24.5 Å². The Hall–Kier alpha value is -1.67. The minimum absolute atomic E-state index is 0.0438. The maximum absolute atomic E-state index is 12.7. The summed E-state index contributed by atoms with van der Waals surface area (Å²) in [5.41, 5.74) is 0.737. The fourth-order valence-corrected chi connectivity index (χ4v) is 5.87. The molecular weight excluding hydrogens is 374 g/mol. The summed E-state index contributed by atoms with van der Waals surface area (Å²) in [6.07, 6.45) is 2.03. The van der Waals surface area contributed by atoms with E-state index in [1.807, 2.05) is 6.07 Å². The SMILES string of the molecule is CC(O)CCO.COc1ccc2c3c1O[C@H]1C(=O)CC[C@@]4(O)[C@@H](C2)N(C)CC[C@]314. The third-order valence-electron chi connectivity index (χ3n) is 7.28. The molecule has 2 aliphatic heterocycles. The van der Waals surface area contributed by atoms with Gasteiger partial charge in [0.1, 0.15) is 0 Å². The molecule has 1 saturated heterocycles. The average molecular weight is 405 g/mol. The van der Waals surface area contributed by atoms with Gasteiger partial charge in [-0.05, 0) is 57.8 Å². The van der Waals surface area contributed by atoms with Gasteiger partial charge in [0.25, 0.3) is 0 Å². The molecule has 29 heavy (non-hydrogen) atoms. The van der Waals surface area contributed by atoms with E-state index in [0.29, 0.717) is 30.8 Å². The first-order valence-electron chi connectivity index (χ1n) is 10.4. The summed E-state index contributed by atoms with van der Waals surface area (Å²) in [7, 11) is 3.70. The highest BCUT2D eigenvalue weighted by atomic mass is 16.5. The quantitative estimate of drug-likeness (QED) is 0.684. The highest BCUT2D eigenvalue weighted by Gasteiger charge is 2.72. The van der Waals surface area contributed by atoms with Crippen molar-refractivity contribution in [3.8, 4) is 11.5 Å². The highest BCUT2D eigenvalue weighted by Crippen LogP contribution is 2.64. The molecule has 2 heterocycles. The Balaban J connectivity index is 0.000000302. The number of benzene rings is 1. The van der Waals surface area contributed by atoms with E-state index in [2.05, 4.69) is 18.0 Å². The Morgan fingerprint density at radius 2 is 2.14 bits per heavy atom. The van der Waals surface area contributed by atoms with Crippen LogP contribution in [-0.2, 0) is 16.6 Å². The summed E-state index contributed by atoms with van der Waals surface area (Å²) in [5, 5.41) is 28.2. The van der Waals surface area contributed by atoms with Gasteiger partial charge in [-0.15, -0.1) is 0 Å². The van der Waals surface area contributed by atoms with Crippen LogP contribution in [0.3, 0.4) is 0 Å². The molecule has 5 atom stereocenters. The molecule has 0 amide bonds. The number of aliphatic hydroxyl groups excluding tert-OH is 2. The van der Waals surface area contributed by atoms with Gasteiger partial charge in [0.05, 0.1) is 24.2 Å². The zero-order chi connectivity index (χ0) is 21.0. The van der Waals surface area contributed by atoms with Crippen LogP contribution in [0.25, 0.3) is 0 Å². The van der Waals surface area contributed by atoms with E-state index < -0.39 is 17.1 Å². The lowest BCUT2D eigenvalue weighted by atomic mass is 9.49. The Morgan fingerprint density at radius 1 is 1.38 bits per heavy atom. The predicted molar refractivity (Wildman–Crippen MR) is 106 cm³/mol. The molecule has 1 aromatic carbocycles. The smallest absolute Gasteiger partial charge is 0.174 e. The van der Waals surface area contributed by atoms with Gasteiger partial charge in [0.15, 0.2) is 23.4 Å². The Kier molecular flexibility index (Phi) is 5.14. The van der Waals surface area contributed by atoms with Crippen LogP contribution >= 0.6 is 0 Å². The van der Waals surface area contributed by atoms with Gasteiger partial charge in [0.2, 0.25) is 0 Å². The molecule has 0 aromatic heterocycles. The Labute approximate surface area is 171 Å². The Morgan fingerprint density at radius 3 is 2.76 bits per heavy atom. The van der Waals surface area contributed by atoms with Crippen LogP contribution in [0, 0.1) is 0 Å². The number of hydrogen-bond acceptors (Lipinski definition) is 7. The van der Waals surface area contributed by atoms with Crippen molar-refractivity contribution >= 4 is 5.78 Å². The van der Waals surface area contributed by atoms with Crippen molar-refractivity contribution in [2.75, 3.05) is 27.3 Å². The zero-order valence-electron chi connectivity index (χ0n) is 17.4. The van der Waals surface area contributed by atoms with Crippen molar-refractivity contribution in [2.24, 2.45) is 0 Å². The van der Waals surface area contributed by atoms with Gasteiger partial charge >= 0.3 is 0 Å². The minimum atomic E-state index is -0.900. The maximum atomic E-state index is 12.7. The molecular formula is C22H31NO6. The number of ketones is 1. The molecule has 4 aliphatic rings. The first kappa shape index (κ1) is 20.6. The molecule has 2 fully saturated rings. The van der Waals surface area contributed by atoms with Gasteiger partial charge < -0.3 is 29.7 Å². The lowest BCUT2D eigenvalue weighted by Crippen LogP contribution is -2.76. The van der Waals surface area contributed by atoms with Crippen LogP contribution in [-0.4, -0.2) is 77.2 Å². The lowest BCUT2D eigenvalue weighted by Gasteiger charge is -2.62. The van der Waals surface area contributed by atoms with Crippen molar-refractivity contribution in [1.82, 2.24) is 4.90 Å². The molecule has 1 aromatic rings. The van der Waals surface area contributed by atoms with Crippen LogP contribution in [0.5, 0.6) is 11.5 Å². The van der Waals surface area contributed by atoms with Crippen molar-refractivity contribution in [3.63, 3.8) is 0 Å². The molecule has 7 heteroatoms. The molecule has 2 bridgehead atoms. The number of likely N-dealkylation sites (N-methyl/N-ethyl adjacent to an activating group) is 1. The van der Waals surface area contributed by atoms with E-state index >= 15 is 0 Å². The van der Waals surface area contributed by atoms with Crippen LogP contribution in [0.4, 0.5) is 0 Å². The van der Waals surface area contributed by atoms with Crippen molar-refractivity contribution < 1.29 is 29.6 Å². The van der Waals surface area contributed by atoms with Gasteiger partial charge in [-0.25, -0.2) is 0 Å². The number of likely N-dealkylation sites (tertiary alicyclic amines) is 1. The van der Waals surface area contributed by atoms with Crippen LogP contribution in [0.1, 0.15) is 43.7 Å². The second-order valence-corrected chi connectivity index (χ2v) is 8.80. The molecule has 160 valence electrons. The van der Waals surface area contributed by atoms with Crippen molar-refractivity contribution in [2.45, 2.75) is 68.3 Å². The van der Waals surface area contributed by atoms with E-state index in [1.54, 1.807) is 14.0 Å². The third kappa shape index (κ3) is 2.75. The first-order chi connectivity index (χ1) is 13.8. The van der Waals surface area contributed by atoms with Crippen LogP contribution < -0.4 is 9.47 Å². The highest BCUT2D eigenvalue weighted by molar-refractivity contribution is 5.90. The number of Topliss-reactive ketones (excluding diaryl/α,β-unsaturated/α-hetero) is 1. The van der Waals surface area contributed by atoms with Crippen molar-refractivity contribution in [3.05, 3.63) is 23.3 Å². The zero-order valence-corrected chi connectivity index (χ0v) is 17.4. The van der Waals surface area contributed by atoms with Gasteiger partial charge in [-0.1, -0.05) is 6.07 Å². The van der Waals surface area contributed by atoms with Gasteiger partial charge in [-0.3, -0.25) is 4.79 Å². The first-order valence-corrected chi connectivity index (χ1v) is 10.4. The number of ether oxygens (including phenoxy) is 2. The summed E-state index contributed by atoms with van der Waals surface area (Å²) in [6.45, 7) is 2.60. The minimum Gasteiger partial charge on any atom is -0.493 e. The molecule has 1 unspecified atom stereocenters. The Bertz CT molecular complexity index is 811. The summed E-state index contributed by atoms with van der Waals surface area (Å²) in [6, 6.07) is 4.05. The number of carbonyl (C=O) groups excluding carboxylic acids is 1. The molecule has 5 rings (SSSR count). The van der Waals surface area contributed by atoms with Gasteiger partial charge in [-0.2, -0.15) is 0 Å². The second-order valence-electron chi connectivity index (χ2n) is 8.80. The van der Waals surface area contributed by atoms with E-state index in [9.17, 15) is 9.90 Å². The number of rotatable bonds is 3. The van der Waals surface area contributed by atoms with E-state index in [4.69, 9.17) is 19.7 Å². The predicted octanol–water partition coefficient (Wildman–Crippen LogP) is 0.798. The molecule has 1 spiro atoms. The number of nitrogens with zero attached hydrogens (tertiary/aromatic N) is 1. The third-order valence-corrected chi connectivity index (χ3v) is 7.28. The van der Waals surface area contributed by atoms with Gasteiger partial charge in [0, 0.05) is 24.6 Å². The summed E-state index contributed by atoms with van der Waals surface area (Å²) >= 11 is 0.